The smallest absolute Gasteiger partial charge is 0.471 e. The van der Waals surface area contributed by atoms with E-state index in [0.29, 0.717) is 36.9 Å². The Morgan fingerprint density at radius 1 is 0.716 bits per heavy atom. The first kappa shape index (κ1) is 65.4. The number of methoxy groups -OCH3 is 1. The van der Waals surface area contributed by atoms with Gasteiger partial charge in [-0.25, -0.2) is 0 Å². The van der Waals surface area contributed by atoms with Crippen molar-refractivity contribution in [3.63, 3.8) is 0 Å². The van der Waals surface area contributed by atoms with Gasteiger partial charge in [-0.1, -0.05) is 109 Å². The van der Waals surface area contributed by atoms with Crippen LogP contribution in [0.1, 0.15) is 95.1 Å². The van der Waals surface area contributed by atoms with E-state index in [2.05, 4.69) is 42.8 Å². The summed E-state index contributed by atoms with van der Waals surface area (Å²) in [5.74, 6) is -10.6. The number of hydrogen-bond acceptors (Lipinski definition) is 13. The molecule has 10 amide bonds. The first-order chi connectivity index (χ1) is 38.2. The Morgan fingerprint density at radius 2 is 1.32 bits per heavy atom. The van der Waals surface area contributed by atoms with E-state index in [-0.39, 0.29) is 36.6 Å². The number of ether oxygens (including phenoxy) is 1. The number of amides is 10. The number of halogens is 3. The Morgan fingerprint density at radius 3 is 1.90 bits per heavy atom. The minimum Gasteiger partial charge on any atom is -0.496 e. The largest absolute Gasteiger partial charge is 0.496 e. The molecule has 0 spiro atoms. The van der Waals surface area contributed by atoms with E-state index in [4.69, 9.17) is 16.2 Å². The standard InChI is InChI=1S/C55H75F3N12O11/c1-30(2)24-38(63-47(73)37(60)20-14-15-23-59)49(75)67-44(31(3)4)51(77)64-39(25-33-16-10-8-11-17-33)48(74)61-28-41-50(76)65-40(53(79)70(41)29-34-18-12-9-13-19-34)27-43(71)66-45(32(5)6)52(78)69-68-46(72)36-26-35(21-22-42(36)81-7)62-54(80)55(56,57)58/h8-13,16-19,21-22,26,30-32,37-41,44-45H,14-15,20,23-25,27-29,59-60H2,1-7H3,(H,61,74)(H,62,80)(H,63,73)(H,64,77)(H,65,76)(H,66,71)(H,67,75)(H,68,72)(H,69,78)/t37-,38-,39-,40-,41-,44-,45-/m0/s1. The van der Waals surface area contributed by atoms with Gasteiger partial charge < -0.3 is 58.3 Å². The number of nitrogens with zero attached hydrogens (tertiary/aromatic N) is 1. The molecule has 23 nitrogen and oxygen atoms in total. The molecule has 0 saturated carbocycles. The zero-order chi connectivity index (χ0) is 60.1. The molecule has 4 rings (SSSR count). The first-order valence-corrected chi connectivity index (χ1v) is 26.5. The molecular formula is C55H75F3N12O11. The summed E-state index contributed by atoms with van der Waals surface area (Å²) in [6.45, 7) is 10.1. The topological polar surface area (TPSA) is 343 Å². The highest BCUT2D eigenvalue weighted by Gasteiger charge is 2.43. The van der Waals surface area contributed by atoms with Crippen LogP contribution in [0.4, 0.5) is 18.9 Å². The maximum atomic E-state index is 14.4. The van der Waals surface area contributed by atoms with Crippen LogP contribution in [0.3, 0.4) is 0 Å². The number of hydrazine groups is 1. The number of unbranched alkanes of at least 4 members (excludes halogenated alkanes) is 1. The molecule has 1 fully saturated rings. The van der Waals surface area contributed by atoms with Gasteiger partial charge >= 0.3 is 12.1 Å². The van der Waals surface area contributed by atoms with Gasteiger partial charge in [-0.15, -0.1) is 0 Å². The number of anilines is 1. The molecule has 81 heavy (non-hydrogen) atoms. The fraction of sp³-hybridized carbons (Fsp3) is 0.491. The van der Waals surface area contributed by atoms with E-state index in [0.717, 1.165) is 18.2 Å². The number of nitrogens with two attached hydrogens (primary N) is 2. The van der Waals surface area contributed by atoms with Gasteiger partial charge in [0.1, 0.15) is 42.0 Å². The van der Waals surface area contributed by atoms with Crippen LogP contribution in [0.5, 0.6) is 5.75 Å². The summed E-state index contributed by atoms with van der Waals surface area (Å²) in [6.07, 6.45) is -4.05. The number of rotatable bonds is 28. The number of alkyl halides is 3. The van der Waals surface area contributed by atoms with E-state index in [9.17, 15) is 61.1 Å². The number of carbonyl (C=O) groups excluding carboxylic acids is 10. The molecule has 1 heterocycles. The van der Waals surface area contributed by atoms with E-state index >= 15 is 0 Å². The van der Waals surface area contributed by atoms with E-state index < -0.39 is 138 Å². The van der Waals surface area contributed by atoms with Gasteiger partial charge in [0.2, 0.25) is 41.4 Å². The third-order valence-corrected chi connectivity index (χ3v) is 13.0. The molecule has 3 aromatic carbocycles. The lowest BCUT2D eigenvalue weighted by molar-refractivity contribution is -0.167. The molecule has 0 unspecified atom stereocenters. The molecule has 3 aromatic rings. The summed E-state index contributed by atoms with van der Waals surface area (Å²) in [6, 6.07) is 11.8. The van der Waals surface area contributed by atoms with Crippen LogP contribution >= 0.6 is 0 Å². The van der Waals surface area contributed by atoms with Crippen molar-refractivity contribution in [2.75, 3.05) is 25.5 Å². The lowest BCUT2D eigenvalue weighted by atomic mass is 9.98. The molecule has 0 aromatic heterocycles. The van der Waals surface area contributed by atoms with Gasteiger partial charge in [0, 0.05) is 25.2 Å². The van der Waals surface area contributed by atoms with Crippen molar-refractivity contribution >= 4 is 64.8 Å². The molecular weight excluding hydrogens is 1060 g/mol. The molecule has 442 valence electrons. The number of hydrogen-bond donors (Lipinski definition) is 11. The fourth-order valence-electron chi connectivity index (χ4n) is 8.57. The van der Waals surface area contributed by atoms with Gasteiger partial charge in [-0.05, 0) is 72.9 Å². The Balaban J connectivity index is 1.49. The predicted molar refractivity (Wildman–Crippen MR) is 292 cm³/mol. The lowest BCUT2D eigenvalue weighted by Crippen LogP contribution is -2.66. The van der Waals surface area contributed by atoms with Crippen molar-refractivity contribution in [2.24, 2.45) is 29.2 Å². The summed E-state index contributed by atoms with van der Waals surface area (Å²) < 4.78 is 43.8. The van der Waals surface area contributed by atoms with Crippen molar-refractivity contribution in [1.29, 1.82) is 0 Å². The maximum Gasteiger partial charge on any atom is 0.471 e. The summed E-state index contributed by atoms with van der Waals surface area (Å²) in [4.78, 5) is 137. The van der Waals surface area contributed by atoms with Crippen LogP contribution in [0.2, 0.25) is 0 Å². The van der Waals surface area contributed by atoms with Crippen LogP contribution in [0, 0.1) is 17.8 Å². The average molecular weight is 1140 g/mol. The van der Waals surface area contributed by atoms with Crippen LogP contribution in [0.15, 0.2) is 78.9 Å². The molecule has 0 radical (unpaired) electrons. The Hall–Kier alpha value is -8.13. The molecule has 0 aliphatic carbocycles. The lowest BCUT2D eigenvalue weighted by Gasteiger charge is -2.39. The van der Waals surface area contributed by atoms with Crippen LogP contribution in [-0.2, 0) is 56.1 Å². The molecule has 7 atom stereocenters. The monoisotopic (exact) mass is 1140 g/mol. The number of benzene rings is 3. The molecule has 1 saturated heterocycles. The molecule has 1 aliphatic rings. The average Bonchev–Trinajstić information content (AvgIpc) is 3.47. The van der Waals surface area contributed by atoms with Crippen LogP contribution in [0.25, 0.3) is 0 Å². The highest BCUT2D eigenvalue weighted by molar-refractivity contribution is 6.03. The highest BCUT2D eigenvalue weighted by atomic mass is 19.4. The Kier molecular flexibility index (Phi) is 25.0. The van der Waals surface area contributed by atoms with Gasteiger partial charge in [-0.2, -0.15) is 13.2 Å². The third-order valence-electron chi connectivity index (χ3n) is 13.0. The minimum absolute atomic E-state index is 0.0361. The first-order valence-electron chi connectivity index (χ1n) is 26.5. The minimum atomic E-state index is -5.23. The summed E-state index contributed by atoms with van der Waals surface area (Å²) in [7, 11) is 1.17. The summed E-state index contributed by atoms with van der Waals surface area (Å²) in [5, 5.41) is 17.7. The second-order valence-corrected chi connectivity index (χ2v) is 20.6. The number of piperazine rings is 1. The summed E-state index contributed by atoms with van der Waals surface area (Å²) in [5.41, 5.74) is 16.4. The van der Waals surface area contributed by atoms with Gasteiger partial charge in [0.05, 0.1) is 25.1 Å². The maximum absolute atomic E-state index is 14.4. The fourth-order valence-corrected chi connectivity index (χ4v) is 8.57. The molecule has 1 aliphatic heterocycles. The number of nitrogens with one attached hydrogen (secondary N) is 9. The van der Waals surface area contributed by atoms with Crippen LogP contribution < -0.4 is 64.3 Å². The second kappa shape index (κ2) is 31.0. The van der Waals surface area contributed by atoms with Crippen molar-refractivity contribution < 1.29 is 65.9 Å². The Labute approximate surface area is 468 Å². The molecule has 26 heteroatoms. The predicted octanol–water partition coefficient (Wildman–Crippen LogP) is 1.36. The molecule has 0 bridgehead atoms. The third kappa shape index (κ3) is 20.2. The van der Waals surface area contributed by atoms with Gasteiger partial charge in [0.25, 0.3) is 11.8 Å². The second-order valence-electron chi connectivity index (χ2n) is 20.6. The number of carbonyl (C=O) groups is 10. The zero-order valence-corrected chi connectivity index (χ0v) is 46.4. The SMILES string of the molecule is COc1ccc(NC(=O)C(F)(F)F)cc1C(=O)NNC(=O)[C@@H](NC(=O)C[C@@H]1NC(=O)[C@H](CNC(=O)[C@H](Cc2ccccc2)NC(=O)[C@@H](NC(=O)[C@H](CC(C)C)NC(=O)[C@@H](N)CCCCN)C(C)C)N(Cc2ccccc2)C1=O)C(C)C. The van der Waals surface area contributed by atoms with Gasteiger partial charge in [0.15, 0.2) is 0 Å². The van der Waals surface area contributed by atoms with Crippen molar-refractivity contribution in [3.8, 4) is 5.75 Å². The quantitative estimate of drug-likeness (QED) is 0.0362. The van der Waals surface area contributed by atoms with Crippen molar-refractivity contribution in [3.05, 3.63) is 95.6 Å². The normalized spacial score (nSPS) is 16.2. The summed E-state index contributed by atoms with van der Waals surface area (Å²) >= 11 is 0. The van der Waals surface area contributed by atoms with Crippen molar-refractivity contribution in [2.45, 2.75) is 135 Å². The Bertz CT molecular complexity index is 2680. The van der Waals surface area contributed by atoms with Crippen molar-refractivity contribution in [1.82, 2.24) is 47.7 Å². The highest BCUT2D eigenvalue weighted by Crippen LogP contribution is 2.25. The van der Waals surface area contributed by atoms with E-state index in [1.807, 2.05) is 13.8 Å². The van der Waals surface area contributed by atoms with E-state index in [1.54, 1.807) is 93.7 Å². The van der Waals surface area contributed by atoms with Gasteiger partial charge in [-0.3, -0.25) is 58.8 Å². The zero-order valence-electron chi connectivity index (χ0n) is 46.4. The van der Waals surface area contributed by atoms with E-state index in [1.165, 1.54) is 12.0 Å². The van der Waals surface area contributed by atoms with Crippen LogP contribution in [-0.4, -0.2) is 133 Å². The molecule has 13 N–H and O–H groups in total.